The SMILES string of the molecule is O=C(S)NCc1ccc2c(c1)CCCC2. The van der Waals surface area contributed by atoms with Crippen LogP contribution in [-0.2, 0) is 19.4 Å². The molecule has 0 unspecified atom stereocenters. The molecule has 1 aliphatic carbocycles. The third kappa shape index (κ3) is 2.75. The van der Waals surface area contributed by atoms with Crippen LogP contribution in [0.15, 0.2) is 18.2 Å². The normalized spacial score (nSPS) is 14.5. The third-order valence-corrected chi connectivity index (χ3v) is 3.01. The lowest BCUT2D eigenvalue weighted by Crippen LogP contribution is -2.16. The maximum absolute atomic E-state index is 10.7. The predicted molar refractivity (Wildman–Crippen MR) is 64.3 cm³/mol. The van der Waals surface area contributed by atoms with Crippen LogP contribution in [0.2, 0.25) is 0 Å². The molecule has 1 aliphatic rings. The summed E-state index contributed by atoms with van der Waals surface area (Å²) >= 11 is 3.68. The Bertz CT molecular complexity index is 376. The van der Waals surface area contributed by atoms with E-state index in [0.29, 0.717) is 6.54 Å². The first-order valence-electron chi connectivity index (χ1n) is 5.33. The molecule has 0 atom stereocenters. The van der Waals surface area contributed by atoms with Gasteiger partial charge in [0.25, 0.3) is 5.24 Å². The quantitative estimate of drug-likeness (QED) is 0.739. The van der Waals surface area contributed by atoms with Crippen LogP contribution in [0.3, 0.4) is 0 Å². The van der Waals surface area contributed by atoms with E-state index >= 15 is 0 Å². The van der Waals surface area contributed by atoms with E-state index in [2.05, 4.69) is 36.1 Å². The Kier molecular flexibility index (Phi) is 3.31. The molecule has 1 N–H and O–H groups in total. The van der Waals surface area contributed by atoms with Gasteiger partial charge in [-0.3, -0.25) is 4.79 Å². The number of carbonyl (C=O) groups is 1. The highest BCUT2D eigenvalue weighted by Gasteiger charge is 2.09. The van der Waals surface area contributed by atoms with Crippen molar-refractivity contribution in [3.8, 4) is 0 Å². The van der Waals surface area contributed by atoms with Gasteiger partial charge in [-0.2, -0.15) is 0 Å². The van der Waals surface area contributed by atoms with E-state index in [-0.39, 0.29) is 5.24 Å². The predicted octanol–water partition coefficient (Wildman–Crippen LogP) is 2.70. The summed E-state index contributed by atoms with van der Waals surface area (Å²) in [6, 6.07) is 6.49. The molecule has 15 heavy (non-hydrogen) atoms. The fourth-order valence-electron chi connectivity index (χ4n) is 2.07. The van der Waals surface area contributed by atoms with E-state index < -0.39 is 0 Å². The van der Waals surface area contributed by atoms with E-state index in [1.54, 1.807) is 0 Å². The zero-order chi connectivity index (χ0) is 10.7. The van der Waals surface area contributed by atoms with E-state index in [1.807, 2.05) is 0 Å². The fourth-order valence-corrected chi connectivity index (χ4v) is 2.15. The molecule has 0 aliphatic heterocycles. The Morgan fingerprint density at radius 1 is 1.27 bits per heavy atom. The minimum atomic E-state index is -0.271. The van der Waals surface area contributed by atoms with E-state index in [1.165, 1.54) is 36.8 Å². The van der Waals surface area contributed by atoms with Crippen molar-refractivity contribution in [2.75, 3.05) is 0 Å². The molecule has 1 aromatic rings. The summed E-state index contributed by atoms with van der Waals surface area (Å²) in [7, 11) is 0. The highest BCUT2D eigenvalue weighted by Crippen LogP contribution is 2.22. The average Bonchev–Trinajstić information content (AvgIpc) is 2.26. The van der Waals surface area contributed by atoms with Crippen LogP contribution >= 0.6 is 12.6 Å². The molecule has 1 aromatic carbocycles. The first-order valence-corrected chi connectivity index (χ1v) is 5.78. The lowest BCUT2D eigenvalue weighted by atomic mass is 9.90. The van der Waals surface area contributed by atoms with Gasteiger partial charge in [-0.25, -0.2) is 0 Å². The molecule has 0 heterocycles. The molecule has 2 nitrogen and oxygen atoms in total. The Hall–Kier alpha value is -0.960. The van der Waals surface area contributed by atoms with Crippen molar-refractivity contribution in [1.82, 2.24) is 5.32 Å². The lowest BCUT2D eigenvalue weighted by Gasteiger charge is -2.16. The maximum atomic E-state index is 10.7. The summed E-state index contributed by atoms with van der Waals surface area (Å²) in [5, 5.41) is 2.42. The topological polar surface area (TPSA) is 29.1 Å². The molecule has 0 spiro atoms. The second-order valence-electron chi connectivity index (χ2n) is 3.97. The zero-order valence-electron chi connectivity index (χ0n) is 8.62. The Morgan fingerprint density at radius 2 is 2.00 bits per heavy atom. The van der Waals surface area contributed by atoms with Crippen molar-refractivity contribution in [3.05, 3.63) is 34.9 Å². The van der Waals surface area contributed by atoms with Gasteiger partial charge >= 0.3 is 0 Å². The summed E-state index contributed by atoms with van der Waals surface area (Å²) in [5.74, 6) is 0. The summed E-state index contributed by atoms with van der Waals surface area (Å²) in [5.41, 5.74) is 4.09. The number of rotatable bonds is 2. The van der Waals surface area contributed by atoms with Crippen LogP contribution in [-0.4, -0.2) is 5.24 Å². The van der Waals surface area contributed by atoms with Crippen molar-refractivity contribution in [2.45, 2.75) is 32.2 Å². The van der Waals surface area contributed by atoms with Crippen molar-refractivity contribution in [3.63, 3.8) is 0 Å². The molecule has 0 bridgehead atoms. The number of hydrogen-bond acceptors (Lipinski definition) is 1. The van der Waals surface area contributed by atoms with Gasteiger partial charge in [-0.1, -0.05) is 30.8 Å². The molecule has 0 aromatic heterocycles. The fraction of sp³-hybridized carbons (Fsp3) is 0.417. The molecule has 0 radical (unpaired) electrons. The van der Waals surface area contributed by atoms with Crippen molar-refractivity contribution in [2.24, 2.45) is 0 Å². The van der Waals surface area contributed by atoms with Gasteiger partial charge in [0.05, 0.1) is 0 Å². The van der Waals surface area contributed by atoms with Crippen molar-refractivity contribution in [1.29, 1.82) is 0 Å². The van der Waals surface area contributed by atoms with Gasteiger partial charge in [0, 0.05) is 6.54 Å². The second kappa shape index (κ2) is 4.71. The molecule has 0 fully saturated rings. The van der Waals surface area contributed by atoms with E-state index in [4.69, 9.17) is 0 Å². The number of nitrogens with one attached hydrogen (secondary N) is 1. The van der Waals surface area contributed by atoms with Crippen LogP contribution in [0.25, 0.3) is 0 Å². The zero-order valence-corrected chi connectivity index (χ0v) is 9.52. The molecule has 80 valence electrons. The summed E-state index contributed by atoms with van der Waals surface area (Å²) < 4.78 is 0. The smallest absolute Gasteiger partial charge is 0.276 e. The minimum absolute atomic E-state index is 0.271. The molecular weight excluding hydrogens is 206 g/mol. The average molecular weight is 221 g/mol. The van der Waals surface area contributed by atoms with Gasteiger partial charge < -0.3 is 5.32 Å². The molecule has 0 saturated heterocycles. The van der Waals surface area contributed by atoms with E-state index in [9.17, 15) is 4.79 Å². The lowest BCUT2D eigenvalue weighted by molar-refractivity contribution is 0.260. The highest BCUT2D eigenvalue weighted by molar-refractivity contribution is 7.96. The molecule has 1 amide bonds. The summed E-state index contributed by atoms with van der Waals surface area (Å²) in [6.45, 7) is 0.579. The van der Waals surface area contributed by atoms with Crippen LogP contribution in [0.4, 0.5) is 4.79 Å². The number of fused-ring (bicyclic) bond motifs is 1. The van der Waals surface area contributed by atoms with Crippen LogP contribution < -0.4 is 5.32 Å². The number of benzene rings is 1. The standard InChI is InChI=1S/C12H15NOS/c14-12(15)13-8-9-5-6-10-3-1-2-4-11(10)7-9/h5-7H,1-4,8H2,(H2,13,14,15). The van der Waals surface area contributed by atoms with Gasteiger partial charge in [0.15, 0.2) is 0 Å². The summed E-state index contributed by atoms with van der Waals surface area (Å²) in [6.07, 6.45) is 4.97. The minimum Gasteiger partial charge on any atom is -0.343 e. The first-order chi connectivity index (χ1) is 7.25. The number of carbonyl (C=O) groups excluding carboxylic acids is 1. The number of aryl methyl sites for hydroxylation is 2. The Morgan fingerprint density at radius 3 is 2.73 bits per heavy atom. The second-order valence-corrected chi connectivity index (χ2v) is 4.38. The van der Waals surface area contributed by atoms with Crippen molar-refractivity contribution >= 4 is 17.9 Å². The number of thiol groups is 1. The number of amides is 1. The van der Waals surface area contributed by atoms with Crippen LogP contribution in [0.1, 0.15) is 29.5 Å². The monoisotopic (exact) mass is 221 g/mol. The molecule has 0 saturated carbocycles. The van der Waals surface area contributed by atoms with Gasteiger partial charge in [-0.05, 0) is 42.4 Å². The van der Waals surface area contributed by atoms with E-state index in [0.717, 1.165) is 5.56 Å². The van der Waals surface area contributed by atoms with Gasteiger partial charge in [0.1, 0.15) is 0 Å². The van der Waals surface area contributed by atoms with Crippen LogP contribution in [0, 0.1) is 0 Å². The highest BCUT2D eigenvalue weighted by atomic mass is 32.1. The maximum Gasteiger partial charge on any atom is 0.276 e. The molecule has 3 heteroatoms. The largest absolute Gasteiger partial charge is 0.343 e. The third-order valence-electron chi connectivity index (χ3n) is 2.86. The van der Waals surface area contributed by atoms with Gasteiger partial charge in [0.2, 0.25) is 0 Å². The summed E-state index contributed by atoms with van der Waals surface area (Å²) in [4.78, 5) is 10.7. The van der Waals surface area contributed by atoms with Gasteiger partial charge in [-0.15, -0.1) is 0 Å². The Labute approximate surface area is 95.5 Å². The van der Waals surface area contributed by atoms with Crippen LogP contribution in [0.5, 0.6) is 0 Å². The van der Waals surface area contributed by atoms with Crippen molar-refractivity contribution < 1.29 is 4.79 Å². The first kappa shape index (κ1) is 10.6. The number of hydrogen-bond donors (Lipinski definition) is 2. The molecular formula is C12H15NOS. The molecule has 2 rings (SSSR count). The Balaban J connectivity index is 2.10.